The number of fused-ring (bicyclic) bond motifs is 4. The van der Waals surface area contributed by atoms with E-state index in [4.69, 9.17) is 20.4 Å². The summed E-state index contributed by atoms with van der Waals surface area (Å²) in [5, 5.41) is 10.4. The van der Waals surface area contributed by atoms with Crippen molar-refractivity contribution >= 4 is 33.9 Å². The molecule has 4 fully saturated rings. The number of imidazole rings is 1. The number of aromatic nitrogens is 5. The first-order valence-electron chi connectivity index (χ1n) is 17.7. The minimum absolute atomic E-state index is 0.00859. The summed E-state index contributed by atoms with van der Waals surface area (Å²) in [5.74, 6) is 2.23. The van der Waals surface area contributed by atoms with Crippen LogP contribution in [0.5, 0.6) is 5.75 Å². The topological polar surface area (TPSA) is 148 Å². The Kier molecular flexibility index (Phi) is 7.35. The monoisotopic (exact) mass is 669 g/mol. The van der Waals surface area contributed by atoms with E-state index in [1.807, 2.05) is 40.3 Å². The Morgan fingerprint density at radius 2 is 1.82 bits per heavy atom. The molecule has 2 saturated heterocycles. The van der Waals surface area contributed by atoms with Crippen LogP contribution >= 0.6 is 0 Å². The van der Waals surface area contributed by atoms with Crippen LogP contribution in [0.2, 0.25) is 0 Å². The smallest absolute Gasteiger partial charge is 0.254 e. The maximum Gasteiger partial charge on any atom is 0.254 e. The van der Waals surface area contributed by atoms with E-state index in [2.05, 4.69) is 26.3 Å². The largest absolute Gasteiger partial charge is 0.494 e. The summed E-state index contributed by atoms with van der Waals surface area (Å²) in [7, 11) is 1.65. The van der Waals surface area contributed by atoms with Gasteiger partial charge in [0.25, 0.3) is 11.8 Å². The number of likely N-dealkylation sites (tertiary alicyclic amines) is 2. The normalized spacial score (nSPS) is 22.1. The second kappa shape index (κ2) is 11.9. The predicted octanol–water partition coefficient (Wildman–Crippen LogP) is 4.78. The highest BCUT2D eigenvalue weighted by molar-refractivity contribution is 6.01. The number of ether oxygens (including phenoxy) is 1. The molecule has 1 aromatic carbocycles. The van der Waals surface area contributed by atoms with Crippen molar-refractivity contribution in [3.8, 4) is 23.3 Å². The van der Waals surface area contributed by atoms with Crippen molar-refractivity contribution in [2.75, 3.05) is 26.7 Å². The van der Waals surface area contributed by atoms with E-state index in [1.165, 1.54) is 19.0 Å². The SMILES string of the molecule is COc1cc(C(=O)N2C[C@H]3CC[C@@H]2[C@@H]3N)cc2nc(-c3cc4cccnc4n3CC3CC3)n(C3CCN(C(=O)c4ccnc(C#N)c4)CC3)c12. The van der Waals surface area contributed by atoms with Crippen molar-refractivity contribution in [3.63, 3.8) is 0 Å². The number of rotatable bonds is 7. The molecule has 4 aliphatic rings. The van der Waals surface area contributed by atoms with Crippen LogP contribution in [0.4, 0.5) is 0 Å². The molecule has 0 radical (unpaired) electrons. The molecule has 5 aromatic rings. The second-order valence-electron chi connectivity index (χ2n) is 14.4. The number of benzene rings is 1. The molecule has 9 rings (SSSR count). The maximum absolute atomic E-state index is 14.0. The number of nitrogens with zero attached hydrogens (tertiary/aromatic N) is 8. The highest BCUT2D eigenvalue weighted by atomic mass is 16.5. The van der Waals surface area contributed by atoms with Gasteiger partial charge in [-0.05, 0) is 92.8 Å². The third-order valence-electron chi connectivity index (χ3n) is 11.4. The third kappa shape index (κ3) is 5.02. The van der Waals surface area contributed by atoms with Crippen molar-refractivity contribution in [2.45, 2.75) is 63.2 Å². The molecule has 2 bridgehead atoms. The van der Waals surface area contributed by atoms with Gasteiger partial charge in [0.1, 0.15) is 28.7 Å². The second-order valence-corrected chi connectivity index (χ2v) is 14.4. The Hall–Kier alpha value is -5.28. The van der Waals surface area contributed by atoms with Crippen LogP contribution < -0.4 is 10.5 Å². The maximum atomic E-state index is 14.0. The molecule has 2 N–H and O–H groups in total. The Balaban J connectivity index is 1.14. The summed E-state index contributed by atoms with van der Waals surface area (Å²) in [6, 6.07) is 15.4. The lowest BCUT2D eigenvalue weighted by atomic mass is 10.0. The van der Waals surface area contributed by atoms with Gasteiger partial charge in [0.05, 0.1) is 18.3 Å². The van der Waals surface area contributed by atoms with Crippen LogP contribution in [0.25, 0.3) is 33.6 Å². The fraction of sp³-hybridized carbons (Fsp3) is 0.421. The average Bonchev–Trinajstić information content (AvgIpc) is 3.49. The number of methoxy groups -OCH3 is 1. The van der Waals surface area contributed by atoms with Gasteiger partial charge >= 0.3 is 0 Å². The third-order valence-corrected chi connectivity index (χ3v) is 11.4. The first-order valence-corrected chi connectivity index (χ1v) is 17.7. The lowest BCUT2D eigenvalue weighted by molar-refractivity contribution is 0.0691. The number of pyridine rings is 2. The summed E-state index contributed by atoms with van der Waals surface area (Å²) in [6.45, 7) is 2.63. The zero-order valence-corrected chi connectivity index (χ0v) is 28.0. The van der Waals surface area contributed by atoms with E-state index in [0.29, 0.717) is 66.7 Å². The molecule has 4 aromatic heterocycles. The van der Waals surface area contributed by atoms with E-state index in [1.54, 1.807) is 19.2 Å². The van der Waals surface area contributed by atoms with Crippen molar-refractivity contribution in [1.82, 2.24) is 33.9 Å². The van der Waals surface area contributed by atoms with Crippen LogP contribution in [-0.2, 0) is 6.54 Å². The Morgan fingerprint density at radius 3 is 2.54 bits per heavy atom. The van der Waals surface area contributed by atoms with Gasteiger partial charge < -0.3 is 29.4 Å². The Morgan fingerprint density at radius 1 is 0.980 bits per heavy atom. The number of carbonyl (C=O) groups excluding carboxylic acids is 2. The number of nitrogens with two attached hydrogens (primary N) is 1. The van der Waals surface area contributed by atoms with Crippen molar-refractivity contribution < 1.29 is 14.3 Å². The highest BCUT2D eigenvalue weighted by Crippen LogP contribution is 2.42. The van der Waals surface area contributed by atoms with Crippen molar-refractivity contribution in [2.24, 2.45) is 17.6 Å². The summed E-state index contributed by atoms with van der Waals surface area (Å²) in [4.78, 5) is 45.4. The minimum atomic E-state index is -0.107. The Labute approximate surface area is 289 Å². The molecule has 3 atom stereocenters. The molecular formula is C38H39N9O3. The zero-order chi connectivity index (χ0) is 34.1. The fourth-order valence-corrected chi connectivity index (χ4v) is 8.61. The number of carbonyl (C=O) groups is 2. The van der Waals surface area contributed by atoms with Crippen LogP contribution in [-0.4, -0.2) is 84.5 Å². The molecule has 0 unspecified atom stereocenters. The Bertz CT molecular complexity index is 2200. The lowest BCUT2D eigenvalue weighted by Gasteiger charge is -2.34. The molecule has 2 amide bonds. The first-order chi connectivity index (χ1) is 24.4. The minimum Gasteiger partial charge on any atom is -0.494 e. The molecule has 2 aliphatic carbocycles. The van der Waals surface area contributed by atoms with E-state index >= 15 is 0 Å². The first kappa shape index (κ1) is 30.8. The molecular weight excluding hydrogens is 630 g/mol. The van der Waals surface area contributed by atoms with E-state index < -0.39 is 0 Å². The van der Waals surface area contributed by atoms with Gasteiger partial charge in [-0.1, -0.05) is 0 Å². The lowest BCUT2D eigenvalue weighted by Crippen LogP contribution is -2.41. The predicted molar refractivity (Wildman–Crippen MR) is 186 cm³/mol. The molecule has 12 heteroatoms. The number of amides is 2. The van der Waals surface area contributed by atoms with Crippen LogP contribution in [0, 0.1) is 23.2 Å². The van der Waals surface area contributed by atoms with Gasteiger partial charge in [-0.3, -0.25) is 9.59 Å². The van der Waals surface area contributed by atoms with Gasteiger partial charge in [0, 0.05) is 73.2 Å². The molecule has 254 valence electrons. The fourth-order valence-electron chi connectivity index (χ4n) is 8.61. The summed E-state index contributed by atoms with van der Waals surface area (Å²) < 4.78 is 10.7. The van der Waals surface area contributed by atoms with Gasteiger partial charge in [0.15, 0.2) is 5.82 Å². The van der Waals surface area contributed by atoms with Crippen LogP contribution in [0.1, 0.15) is 71.0 Å². The summed E-state index contributed by atoms with van der Waals surface area (Å²) >= 11 is 0. The zero-order valence-electron chi connectivity index (χ0n) is 28.0. The van der Waals surface area contributed by atoms with Crippen molar-refractivity contribution in [1.29, 1.82) is 5.26 Å². The number of hydrogen-bond donors (Lipinski definition) is 1. The van der Waals surface area contributed by atoms with Crippen molar-refractivity contribution in [3.05, 3.63) is 71.7 Å². The highest BCUT2D eigenvalue weighted by Gasteiger charge is 2.47. The number of piperidine rings is 2. The van der Waals surface area contributed by atoms with Gasteiger partial charge in [-0.25, -0.2) is 15.0 Å². The van der Waals surface area contributed by atoms with Gasteiger partial charge in [-0.15, -0.1) is 0 Å². The van der Waals surface area contributed by atoms with E-state index in [0.717, 1.165) is 47.5 Å². The van der Waals surface area contributed by atoms with E-state index in [-0.39, 0.29) is 35.6 Å². The molecule has 50 heavy (non-hydrogen) atoms. The van der Waals surface area contributed by atoms with Gasteiger partial charge in [0.2, 0.25) is 0 Å². The molecule has 2 saturated carbocycles. The number of nitriles is 1. The van der Waals surface area contributed by atoms with Crippen LogP contribution in [0.3, 0.4) is 0 Å². The quantitative estimate of drug-likeness (QED) is 0.261. The molecule has 2 aliphatic heterocycles. The number of hydrogen-bond acceptors (Lipinski definition) is 8. The molecule has 12 nitrogen and oxygen atoms in total. The summed E-state index contributed by atoms with van der Waals surface area (Å²) in [5.41, 5.74) is 11.2. The summed E-state index contributed by atoms with van der Waals surface area (Å²) in [6.07, 6.45) is 9.14. The van der Waals surface area contributed by atoms with Crippen LogP contribution in [0.15, 0.2) is 54.9 Å². The van der Waals surface area contributed by atoms with Gasteiger partial charge in [-0.2, -0.15) is 5.26 Å². The molecule has 0 spiro atoms. The standard InChI is InChI=1S/C38H39N9O3/c1-50-32-18-26(38(49)46-21-25-6-7-30(46)33(25)40)16-29-34(32)47(28-9-13-44(14-10-28)37(48)24-8-12-41-27(15-24)19-39)36(43-29)31-17-23-3-2-11-42-35(23)45(31)20-22-4-5-22/h2-3,8,11-12,15-18,22,25,28,30,33H,4-7,9-10,13-14,20-21,40H2,1H3/t25-,30-,33-/m1/s1. The van der Waals surface area contributed by atoms with E-state index in [9.17, 15) is 14.9 Å². The average molecular weight is 670 g/mol. The molecule has 6 heterocycles.